The Morgan fingerprint density at radius 2 is 1.76 bits per heavy atom. The van der Waals surface area contributed by atoms with Gasteiger partial charge in [-0.3, -0.25) is 4.99 Å². The number of hydrogen-bond donors (Lipinski definition) is 1. The molecule has 0 atom stereocenters. The summed E-state index contributed by atoms with van der Waals surface area (Å²) in [5.41, 5.74) is 1.69. The van der Waals surface area contributed by atoms with E-state index in [9.17, 15) is 4.39 Å². The molecule has 0 heterocycles. The predicted molar refractivity (Wildman–Crippen MR) is 115 cm³/mol. The molecule has 2 aromatic carbocycles. The van der Waals surface area contributed by atoms with Gasteiger partial charge in [-0.1, -0.05) is 6.07 Å². The molecule has 0 aromatic heterocycles. The van der Waals surface area contributed by atoms with Crippen molar-refractivity contribution >= 4 is 5.96 Å². The van der Waals surface area contributed by atoms with Gasteiger partial charge in [-0.25, -0.2) is 4.39 Å². The van der Waals surface area contributed by atoms with E-state index in [-0.39, 0.29) is 5.82 Å². The average molecular weight is 403 g/mol. The van der Waals surface area contributed by atoms with Crippen molar-refractivity contribution in [3.8, 4) is 11.5 Å². The van der Waals surface area contributed by atoms with Gasteiger partial charge in [-0.2, -0.15) is 0 Å². The van der Waals surface area contributed by atoms with Gasteiger partial charge in [-0.15, -0.1) is 0 Å². The number of methoxy groups -OCH3 is 1. The third-order valence-corrected chi connectivity index (χ3v) is 4.38. The Morgan fingerprint density at radius 1 is 1.07 bits per heavy atom. The fourth-order valence-corrected chi connectivity index (χ4v) is 2.84. The molecule has 0 saturated carbocycles. The first-order valence-electron chi connectivity index (χ1n) is 9.53. The second-order valence-electron chi connectivity index (χ2n) is 7.01. The Kier molecular flexibility index (Phi) is 8.73. The van der Waals surface area contributed by atoms with Gasteiger partial charge in [0, 0.05) is 32.7 Å². The van der Waals surface area contributed by atoms with Crippen LogP contribution in [0.3, 0.4) is 0 Å². The highest BCUT2D eigenvalue weighted by Gasteiger charge is 2.08. The summed E-state index contributed by atoms with van der Waals surface area (Å²) in [5, 5.41) is 3.32. The van der Waals surface area contributed by atoms with Gasteiger partial charge in [-0.05, 0) is 56.1 Å². The topological polar surface area (TPSA) is 49.3 Å². The SMILES string of the molecule is CN=C(NCc1ccc(F)c(CN(C)C)c1)N(C)CCOc1ccc(OC)cc1. The predicted octanol–water partition coefficient (Wildman–Crippen LogP) is 2.98. The summed E-state index contributed by atoms with van der Waals surface area (Å²) in [4.78, 5) is 8.26. The minimum atomic E-state index is -0.181. The second-order valence-corrected chi connectivity index (χ2v) is 7.01. The lowest BCUT2D eigenvalue weighted by Crippen LogP contribution is -2.40. The highest BCUT2D eigenvalue weighted by Crippen LogP contribution is 2.17. The zero-order chi connectivity index (χ0) is 21.2. The molecule has 0 unspecified atom stereocenters. The van der Waals surface area contributed by atoms with E-state index in [0.29, 0.717) is 31.8 Å². The number of hydrogen-bond acceptors (Lipinski definition) is 4. The molecule has 6 nitrogen and oxygen atoms in total. The van der Waals surface area contributed by atoms with Gasteiger partial charge in [0.15, 0.2) is 5.96 Å². The molecular formula is C22H31FN4O2. The molecule has 0 saturated heterocycles. The number of ether oxygens (including phenoxy) is 2. The number of rotatable bonds is 9. The Labute approximate surface area is 172 Å². The molecule has 0 spiro atoms. The highest BCUT2D eigenvalue weighted by atomic mass is 19.1. The van der Waals surface area contributed by atoms with Gasteiger partial charge in [0.2, 0.25) is 0 Å². The van der Waals surface area contributed by atoms with E-state index < -0.39 is 0 Å². The maximum absolute atomic E-state index is 13.9. The first kappa shape index (κ1) is 22.5. The Hall–Kier alpha value is -2.80. The summed E-state index contributed by atoms with van der Waals surface area (Å²) in [6.07, 6.45) is 0. The third kappa shape index (κ3) is 7.27. The van der Waals surface area contributed by atoms with Gasteiger partial charge in [0.05, 0.1) is 13.7 Å². The molecule has 158 valence electrons. The molecule has 0 aliphatic rings. The van der Waals surface area contributed by atoms with Crippen molar-refractivity contribution in [1.82, 2.24) is 15.1 Å². The van der Waals surface area contributed by atoms with Crippen LogP contribution < -0.4 is 14.8 Å². The standard InChI is InChI=1S/C22H31FN4O2/c1-24-22(25-15-17-6-11-21(23)18(14-17)16-26(2)3)27(4)12-13-29-20-9-7-19(28-5)8-10-20/h6-11,14H,12-13,15-16H2,1-5H3,(H,24,25). The van der Waals surface area contributed by atoms with Crippen LogP contribution in [-0.4, -0.2) is 64.2 Å². The molecule has 0 fully saturated rings. The fourth-order valence-electron chi connectivity index (χ4n) is 2.84. The van der Waals surface area contributed by atoms with Crippen LogP contribution in [-0.2, 0) is 13.1 Å². The van der Waals surface area contributed by atoms with Gasteiger partial charge in [0.25, 0.3) is 0 Å². The number of guanidine groups is 1. The van der Waals surface area contributed by atoms with Gasteiger partial charge < -0.3 is 24.6 Å². The van der Waals surface area contributed by atoms with Crippen LogP contribution in [0.5, 0.6) is 11.5 Å². The van der Waals surface area contributed by atoms with Crippen molar-refractivity contribution in [3.63, 3.8) is 0 Å². The quantitative estimate of drug-likeness (QED) is 0.516. The maximum atomic E-state index is 13.9. The molecule has 29 heavy (non-hydrogen) atoms. The van der Waals surface area contributed by atoms with Gasteiger partial charge in [0.1, 0.15) is 23.9 Å². The van der Waals surface area contributed by atoms with Crippen LogP contribution in [0.15, 0.2) is 47.5 Å². The highest BCUT2D eigenvalue weighted by molar-refractivity contribution is 5.79. The number of likely N-dealkylation sites (N-methyl/N-ethyl adjacent to an activating group) is 1. The molecule has 0 aliphatic carbocycles. The summed E-state index contributed by atoms with van der Waals surface area (Å²) in [6, 6.07) is 12.7. The third-order valence-electron chi connectivity index (χ3n) is 4.38. The van der Waals surface area contributed by atoms with E-state index in [0.717, 1.165) is 23.0 Å². The van der Waals surface area contributed by atoms with Crippen LogP contribution in [0.1, 0.15) is 11.1 Å². The van der Waals surface area contributed by atoms with E-state index in [1.165, 1.54) is 6.07 Å². The number of benzene rings is 2. The summed E-state index contributed by atoms with van der Waals surface area (Å²) in [6.45, 7) is 2.32. The zero-order valence-corrected chi connectivity index (χ0v) is 17.9. The molecule has 2 rings (SSSR count). The summed E-state index contributed by atoms with van der Waals surface area (Å²) < 4.78 is 24.9. The van der Waals surface area contributed by atoms with Crippen molar-refractivity contribution in [2.75, 3.05) is 48.5 Å². The number of aliphatic imine (C=N–C) groups is 1. The van der Waals surface area contributed by atoms with Crippen molar-refractivity contribution in [1.29, 1.82) is 0 Å². The van der Waals surface area contributed by atoms with Crippen LogP contribution in [0, 0.1) is 5.82 Å². The summed E-state index contributed by atoms with van der Waals surface area (Å²) in [5.74, 6) is 2.16. The van der Waals surface area contributed by atoms with Crippen LogP contribution in [0.4, 0.5) is 4.39 Å². The Bertz CT molecular complexity index is 794. The smallest absolute Gasteiger partial charge is 0.193 e. The number of nitrogens with one attached hydrogen (secondary N) is 1. The number of halogens is 1. The van der Waals surface area contributed by atoms with E-state index in [2.05, 4.69) is 10.3 Å². The van der Waals surface area contributed by atoms with E-state index >= 15 is 0 Å². The largest absolute Gasteiger partial charge is 0.497 e. The Morgan fingerprint density at radius 3 is 2.38 bits per heavy atom. The van der Waals surface area contributed by atoms with Crippen molar-refractivity contribution in [3.05, 3.63) is 59.4 Å². The zero-order valence-electron chi connectivity index (χ0n) is 17.9. The summed E-state index contributed by atoms with van der Waals surface area (Å²) >= 11 is 0. The minimum Gasteiger partial charge on any atom is -0.497 e. The Balaban J connectivity index is 1.84. The second kappa shape index (κ2) is 11.3. The molecule has 2 aromatic rings. The monoisotopic (exact) mass is 402 g/mol. The first-order valence-corrected chi connectivity index (χ1v) is 9.53. The van der Waals surface area contributed by atoms with Gasteiger partial charge >= 0.3 is 0 Å². The first-order chi connectivity index (χ1) is 13.9. The lowest BCUT2D eigenvalue weighted by Gasteiger charge is -2.22. The molecular weight excluding hydrogens is 371 g/mol. The van der Waals surface area contributed by atoms with Crippen molar-refractivity contribution in [2.24, 2.45) is 4.99 Å². The van der Waals surface area contributed by atoms with Crippen LogP contribution >= 0.6 is 0 Å². The maximum Gasteiger partial charge on any atom is 0.193 e. The van der Waals surface area contributed by atoms with Crippen LogP contribution in [0.2, 0.25) is 0 Å². The minimum absolute atomic E-state index is 0.181. The number of nitrogens with zero attached hydrogens (tertiary/aromatic N) is 3. The average Bonchev–Trinajstić information content (AvgIpc) is 2.71. The molecule has 0 radical (unpaired) electrons. The molecule has 0 aliphatic heterocycles. The fraction of sp³-hybridized carbons (Fsp3) is 0.409. The molecule has 0 bridgehead atoms. The molecule has 7 heteroatoms. The lowest BCUT2D eigenvalue weighted by atomic mass is 10.1. The van der Waals surface area contributed by atoms with Crippen molar-refractivity contribution < 1.29 is 13.9 Å². The van der Waals surface area contributed by atoms with Crippen LogP contribution in [0.25, 0.3) is 0 Å². The molecule has 1 N–H and O–H groups in total. The van der Waals surface area contributed by atoms with E-state index in [1.54, 1.807) is 20.2 Å². The van der Waals surface area contributed by atoms with E-state index in [1.807, 2.05) is 61.3 Å². The normalized spacial score (nSPS) is 11.5. The molecule has 0 amide bonds. The summed E-state index contributed by atoms with van der Waals surface area (Å²) in [7, 11) is 9.18. The van der Waals surface area contributed by atoms with E-state index in [4.69, 9.17) is 9.47 Å². The lowest BCUT2D eigenvalue weighted by molar-refractivity contribution is 0.281. The van der Waals surface area contributed by atoms with Crippen molar-refractivity contribution in [2.45, 2.75) is 13.1 Å².